The lowest BCUT2D eigenvalue weighted by molar-refractivity contribution is -0.116. The predicted molar refractivity (Wildman–Crippen MR) is 87.2 cm³/mol. The first kappa shape index (κ1) is 13.9. The maximum absolute atomic E-state index is 11.7. The molecule has 0 aliphatic heterocycles. The average Bonchev–Trinajstić information content (AvgIpc) is 3.24. The topological polar surface area (TPSA) is 42.2 Å². The molecule has 0 atom stereocenters. The van der Waals surface area contributed by atoms with E-state index in [9.17, 15) is 4.79 Å². The highest BCUT2D eigenvalue weighted by Crippen LogP contribution is 2.26. The first-order chi connectivity index (χ1) is 10.3. The van der Waals surface area contributed by atoms with Gasteiger partial charge < -0.3 is 9.73 Å². The lowest BCUT2D eigenvalue weighted by Gasteiger charge is -1.98. The molecule has 0 fully saturated rings. The van der Waals surface area contributed by atoms with Gasteiger partial charge in [-0.3, -0.25) is 4.79 Å². The molecule has 0 saturated heterocycles. The van der Waals surface area contributed by atoms with Gasteiger partial charge in [0.15, 0.2) is 0 Å². The Hall–Kier alpha value is -2.11. The summed E-state index contributed by atoms with van der Waals surface area (Å²) in [6.45, 7) is 0.387. The van der Waals surface area contributed by atoms with Crippen molar-refractivity contribution < 1.29 is 9.21 Å². The van der Waals surface area contributed by atoms with Crippen LogP contribution >= 0.6 is 22.7 Å². The second kappa shape index (κ2) is 6.56. The minimum Gasteiger partial charge on any atom is -0.458 e. The number of hydrogen-bond acceptors (Lipinski definition) is 4. The monoisotopic (exact) mass is 315 g/mol. The second-order valence-corrected chi connectivity index (χ2v) is 6.08. The van der Waals surface area contributed by atoms with Gasteiger partial charge in [0.2, 0.25) is 5.91 Å². The third-order valence-corrected chi connectivity index (χ3v) is 4.42. The highest BCUT2D eigenvalue weighted by atomic mass is 32.1. The van der Waals surface area contributed by atoms with Gasteiger partial charge in [0.25, 0.3) is 0 Å². The van der Waals surface area contributed by atoms with Crippen molar-refractivity contribution in [3.05, 3.63) is 63.9 Å². The maximum Gasteiger partial charge on any atom is 0.244 e. The zero-order valence-corrected chi connectivity index (χ0v) is 12.7. The SMILES string of the molecule is O=C(/C=C/c1ccsc1)NCc1ccc(-c2cccs2)o1. The molecule has 0 aromatic carbocycles. The first-order valence-electron chi connectivity index (χ1n) is 6.42. The van der Waals surface area contributed by atoms with Gasteiger partial charge in [-0.25, -0.2) is 0 Å². The molecule has 0 aliphatic rings. The van der Waals surface area contributed by atoms with E-state index < -0.39 is 0 Å². The molecule has 21 heavy (non-hydrogen) atoms. The Labute approximate surface area is 130 Å². The van der Waals surface area contributed by atoms with Crippen LogP contribution in [0.5, 0.6) is 0 Å². The van der Waals surface area contributed by atoms with E-state index >= 15 is 0 Å². The van der Waals surface area contributed by atoms with Crippen molar-refractivity contribution >= 4 is 34.7 Å². The van der Waals surface area contributed by atoms with E-state index in [4.69, 9.17) is 4.42 Å². The Bertz CT molecular complexity index is 724. The molecule has 1 amide bonds. The Balaban J connectivity index is 1.54. The smallest absolute Gasteiger partial charge is 0.244 e. The predicted octanol–water partition coefficient (Wildman–Crippen LogP) is 4.40. The van der Waals surface area contributed by atoms with Crippen LogP contribution in [0.1, 0.15) is 11.3 Å². The molecule has 0 spiro atoms. The summed E-state index contributed by atoms with van der Waals surface area (Å²) in [5, 5.41) is 8.78. The molecule has 0 saturated carbocycles. The van der Waals surface area contributed by atoms with Gasteiger partial charge in [0.1, 0.15) is 11.5 Å². The van der Waals surface area contributed by atoms with Crippen LogP contribution in [0.25, 0.3) is 16.7 Å². The summed E-state index contributed by atoms with van der Waals surface area (Å²) in [4.78, 5) is 12.8. The lowest BCUT2D eigenvalue weighted by atomic mass is 10.3. The molecular formula is C16H13NO2S2. The number of amides is 1. The van der Waals surface area contributed by atoms with Crippen molar-refractivity contribution in [3.63, 3.8) is 0 Å². The maximum atomic E-state index is 11.7. The normalized spacial score (nSPS) is 11.0. The van der Waals surface area contributed by atoms with Gasteiger partial charge in [-0.15, -0.1) is 11.3 Å². The van der Waals surface area contributed by atoms with Crippen LogP contribution in [0.15, 0.2) is 57.0 Å². The Kier molecular flexibility index (Phi) is 4.33. The summed E-state index contributed by atoms with van der Waals surface area (Å²) in [5.74, 6) is 1.45. The summed E-state index contributed by atoms with van der Waals surface area (Å²) >= 11 is 3.23. The molecule has 3 heterocycles. The third kappa shape index (κ3) is 3.71. The van der Waals surface area contributed by atoms with E-state index in [1.807, 2.05) is 46.5 Å². The Morgan fingerprint density at radius 2 is 2.19 bits per heavy atom. The highest BCUT2D eigenvalue weighted by Gasteiger charge is 2.06. The summed E-state index contributed by atoms with van der Waals surface area (Å²) in [7, 11) is 0. The van der Waals surface area contributed by atoms with E-state index in [0.717, 1.165) is 22.0 Å². The van der Waals surface area contributed by atoms with Gasteiger partial charge in [-0.1, -0.05) is 6.07 Å². The zero-order chi connectivity index (χ0) is 14.5. The molecule has 0 bridgehead atoms. The number of carbonyl (C=O) groups is 1. The standard InChI is InChI=1S/C16H13NO2S2/c18-16(6-3-12-7-9-20-11-12)17-10-13-4-5-14(19-13)15-2-1-8-21-15/h1-9,11H,10H2,(H,17,18)/b6-3+. The molecule has 0 unspecified atom stereocenters. The minimum absolute atomic E-state index is 0.129. The van der Waals surface area contributed by atoms with Gasteiger partial charge in [0, 0.05) is 6.08 Å². The van der Waals surface area contributed by atoms with Gasteiger partial charge in [-0.05, 0) is 52.0 Å². The van der Waals surface area contributed by atoms with Crippen molar-refractivity contribution in [1.82, 2.24) is 5.32 Å². The first-order valence-corrected chi connectivity index (χ1v) is 8.24. The van der Waals surface area contributed by atoms with Crippen molar-refractivity contribution in [2.75, 3.05) is 0 Å². The highest BCUT2D eigenvalue weighted by molar-refractivity contribution is 7.13. The Morgan fingerprint density at radius 3 is 2.95 bits per heavy atom. The van der Waals surface area contributed by atoms with Crippen molar-refractivity contribution in [3.8, 4) is 10.6 Å². The molecular weight excluding hydrogens is 302 g/mol. The number of rotatable bonds is 5. The van der Waals surface area contributed by atoms with Crippen LogP contribution in [0.3, 0.4) is 0 Å². The number of hydrogen-bond donors (Lipinski definition) is 1. The van der Waals surface area contributed by atoms with Crippen molar-refractivity contribution in [2.45, 2.75) is 6.54 Å². The molecule has 1 N–H and O–H groups in total. The summed E-state index contributed by atoms with van der Waals surface area (Å²) in [5.41, 5.74) is 1.04. The summed E-state index contributed by atoms with van der Waals surface area (Å²) < 4.78 is 5.70. The average molecular weight is 315 g/mol. The molecule has 106 valence electrons. The molecule has 3 aromatic heterocycles. The molecule has 3 aromatic rings. The fourth-order valence-electron chi connectivity index (χ4n) is 1.80. The quantitative estimate of drug-likeness (QED) is 0.709. The largest absolute Gasteiger partial charge is 0.458 e. The minimum atomic E-state index is -0.129. The van der Waals surface area contributed by atoms with Crippen LogP contribution in [-0.2, 0) is 11.3 Å². The van der Waals surface area contributed by atoms with Crippen LogP contribution < -0.4 is 5.32 Å². The van der Waals surface area contributed by atoms with Crippen molar-refractivity contribution in [2.24, 2.45) is 0 Å². The van der Waals surface area contributed by atoms with E-state index in [2.05, 4.69) is 5.32 Å². The van der Waals surface area contributed by atoms with E-state index in [1.54, 1.807) is 28.7 Å². The molecule has 5 heteroatoms. The van der Waals surface area contributed by atoms with Crippen LogP contribution in [0, 0.1) is 0 Å². The van der Waals surface area contributed by atoms with Gasteiger partial charge >= 0.3 is 0 Å². The van der Waals surface area contributed by atoms with Crippen LogP contribution in [-0.4, -0.2) is 5.91 Å². The molecule has 3 rings (SSSR count). The van der Waals surface area contributed by atoms with Crippen LogP contribution in [0.4, 0.5) is 0 Å². The number of nitrogens with one attached hydrogen (secondary N) is 1. The Morgan fingerprint density at radius 1 is 1.24 bits per heavy atom. The zero-order valence-electron chi connectivity index (χ0n) is 11.1. The van der Waals surface area contributed by atoms with Gasteiger partial charge in [0.05, 0.1) is 11.4 Å². The molecule has 3 nitrogen and oxygen atoms in total. The number of furan rings is 1. The van der Waals surface area contributed by atoms with Crippen LogP contribution in [0.2, 0.25) is 0 Å². The molecule has 0 radical (unpaired) electrons. The van der Waals surface area contributed by atoms with Crippen molar-refractivity contribution in [1.29, 1.82) is 0 Å². The fraction of sp³-hybridized carbons (Fsp3) is 0.0625. The molecule has 0 aliphatic carbocycles. The van der Waals surface area contributed by atoms with E-state index in [1.165, 1.54) is 6.08 Å². The summed E-state index contributed by atoms with van der Waals surface area (Å²) in [6, 6.07) is 9.77. The van der Waals surface area contributed by atoms with Gasteiger partial charge in [-0.2, -0.15) is 11.3 Å². The number of thiophene rings is 2. The third-order valence-electron chi connectivity index (χ3n) is 2.83. The van der Waals surface area contributed by atoms with E-state index in [-0.39, 0.29) is 5.91 Å². The summed E-state index contributed by atoms with van der Waals surface area (Å²) in [6.07, 6.45) is 3.33. The fourth-order valence-corrected chi connectivity index (χ4v) is 3.11. The number of carbonyl (C=O) groups excluding carboxylic acids is 1. The lowest BCUT2D eigenvalue weighted by Crippen LogP contribution is -2.19. The van der Waals surface area contributed by atoms with E-state index in [0.29, 0.717) is 6.54 Å². The second-order valence-electron chi connectivity index (χ2n) is 4.35.